The van der Waals surface area contributed by atoms with Gasteiger partial charge in [0.15, 0.2) is 0 Å². The first-order chi connectivity index (χ1) is 22.6. The number of ether oxygens (including phenoxy) is 2. The number of aryl methyl sites for hydroxylation is 2. The predicted octanol–water partition coefficient (Wildman–Crippen LogP) is 8.51. The molecule has 0 aliphatic heterocycles. The number of carbonyl (C=O) groups excluding carboxylic acids is 2. The molecular weight excluding hydrogens is 643 g/mol. The summed E-state index contributed by atoms with van der Waals surface area (Å²) >= 11 is 1.19. The van der Waals surface area contributed by atoms with Gasteiger partial charge in [-0.25, -0.2) is 9.78 Å². The van der Waals surface area contributed by atoms with Crippen LogP contribution in [0.2, 0.25) is 0 Å². The average Bonchev–Trinajstić information content (AvgIpc) is 2.99. The molecule has 0 radical (unpaired) electrons. The van der Waals surface area contributed by atoms with Gasteiger partial charge in [-0.05, 0) is 108 Å². The van der Waals surface area contributed by atoms with Gasteiger partial charge < -0.3 is 19.7 Å². The number of alkyl carbamates (subject to hydrolysis) is 1. The topological polar surface area (TPSA) is 106 Å². The van der Waals surface area contributed by atoms with Crippen molar-refractivity contribution in [3.63, 3.8) is 0 Å². The van der Waals surface area contributed by atoms with E-state index < -0.39 is 42.8 Å². The standard InChI is InChI=1S/C35H44F3N5O4S/c1-7-46-29-21-28(30-22(2)10-8-11-23(30)3)40-32(41-29)42-48-27-13-9-12-24(20-27)31(44)43(19-18-35(36,37)38)26-16-14-25(15-17-26)39-33(45)47-34(4,5)6/h8-13,20-21,25-26H,7,14-19H2,1-6H3,(H,39,45)(H,40,41,42). The monoisotopic (exact) mass is 687 g/mol. The van der Waals surface area contributed by atoms with Gasteiger partial charge in [0.2, 0.25) is 11.8 Å². The van der Waals surface area contributed by atoms with Crippen LogP contribution in [0.25, 0.3) is 11.3 Å². The van der Waals surface area contributed by atoms with Gasteiger partial charge in [-0.3, -0.25) is 9.52 Å². The van der Waals surface area contributed by atoms with Crippen LogP contribution in [0, 0.1) is 13.8 Å². The van der Waals surface area contributed by atoms with Crippen molar-refractivity contribution in [2.75, 3.05) is 17.9 Å². The molecule has 1 saturated carbocycles. The van der Waals surface area contributed by atoms with Crippen molar-refractivity contribution < 1.29 is 32.2 Å². The summed E-state index contributed by atoms with van der Waals surface area (Å²) in [5, 5.41) is 2.84. The Morgan fingerprint density at radius 1 is 0.979 bits per heavy atom. The lowest BCUT2D eigenvalue weighted by Gasteiger charge is -2.37. The highest BCUT2D eigenvalue weighted by atomic mass is 32.2. The summed E-state index contributed by atoms with van der Waals surface area (Å²) < 4.78 is 54.2. The maximum atomic E-state index is 13.8. The van der Waals surface area contributed by atoms with Crippen molar-refractivity contribution in [1.29, 1.82) is 0 Å². The smallest absolute Gasteiger partial charge is 0.407 e. The molecule has 0 atom stereocenters. The first-order valence-electron chi connectivity index (χ1n) is 16.1. The van der Waals surface area contributed by atoms with E-state index in [9.17, 15) is 22.8 Å². The molecule has 1 aliphatic rings. The summed E-state index contributed by atoms with van der Waals surface area (Å²) in [5.41, 5.74) is 3.43. The van der Waals surface area contributed by atoms with E-state index in [1.807, 2.05) is 39.0 Å². The average molecular weight is 688 g/mol. The number of amides is 2. The van der Waals surface area contributed by atoms with E-state index in [2.05, 4.69) is 15.0 Å². The van der Waals surface area contributed by atoms with E-state index in [0.717, 1.165) is 16.7 Å². The Labute approximate surface area is 284 Å². The van der Waals surface area contributed by atoms with Crippen molar-refractivity contribution in [3.05, 3.63) is 65.2 Å². The molecule has 1 heterocycles. The van der Waals surface area contributed by atoms with Crippen LogP contribution < -0.4 is 14.8 Å². The summed E-state index contributed by atoms with van der Waals surface area (Å²) in [6.45, 7) is 11.2. The lowest BCUT2D eigenvalue weighted by Crippen LogP contribution is -2.47. The molecule has 1 fully saturated rings. The molecular formula is C35H44F3N5O4S. The highest BCUT2D eigenvalue weighted by molar-refractivity contribution is 8.00. The molecule has 2 N–H and O–H groups in total. The minimum absolute atomic E-state index is 0.180. The van der Waals surface area contributed by atoms with Crippen LogP contribution in [-0.4, -0.2) is 63.9 Å². The molecule has 2 aromatic carbocycles. The van der Waals surface area contributed by atoms with Crippen LogP contribution in [0.15, 0.2) is 53.4 Å². The predicted molar refractivity (Wildman–Crippen MR) is 181 cm³/mol. The number of alkyl halides is 3. The van der Waals surface area contributed by atoms with E-state index >= 15 is 0 Å². The second-order valence-electron chi connectivity index (χ2n) is 12.9. The molecule has 1 aliphatic carbocycles. The van der Waals surface area contributed by atoms with E-state index in [1.54, 1.807) is 51.1 Å². The number of hydrogen-bond donors (Lipinski definition) is 2. The number of benzene rings is 2. The molecule has 0 spiro atoms. The third-order valence-electron chi connectivity index (χ3n) is 7.83. The zero-order valence-corrected chi connectivity index (χ0v) is 29.1. The summed E-state index contributed by atoms with van der Waals surface area (Å²) in [4.78, 5) is 37.2. The minimum Gasteiger partial charge on any atom is -0.478 e. The van der Waals surface area contributed by atoms with Crippen molar-refractivity contribution in [2.24, 2.45) is 0 Å². The van der Waals surface area contributed by atoms with Crippen LogP contribution in [0.3, 0.4) is 0 Å². The molecule has 260 valence electrons. The van der Waals surface area contributed by atoms with Gasteiger partial charge in [-0.15, -0.1) is 0 Å². The number of rotatable bonds is 11. The Kier molecular flexibility index (Phi) is 12.2. The highest BCUT2D eigenvalue weighted by Gasteiger charge is 2.34. The number of hydrogen-bond acceptors (Lipinski definition) is 8. The summed E-state index contributed by atoms with van der Waals surface area (Å²) in [6, 6.07) is 14.0. The fourth-order valence-corrected chi connectivity index (χ4v) is 6.34. The fraction of sp³-hybridized carbons (Fsp3) is 0.486. The lowest BCUT2D eigenvalue weighted by atomic mass is 9.89. The molecule has 3 aromatic rings. The van der Waals surface area contributed by atoms with Gasteiger partial charge in [-0.2, -0.15) is 18.2 Å². The van der Waals surface area contributed by atoms with Gasteiger partial charge in [0, 0.05) is 40.7 Å². The first kappa shape index (κ1) is 36.8. The Balaban J connectivity index is 1.48. The molecule has 0 unspecified atom stereocenters. The van der Waals surface area contributed by atoms with Gasteiger partial charge >= 0.3 is 12.3 Å². The zero-order chi connectivity index (χ0) is 35.1. The van der Waals surface area contributed by atoms with Crippen molar-refractivity contribution in [1.82, 2.24) is 20.2 Å². The molecule has 13 heteroatoms. The van der Waals surface area contributed by atoms with Crippen LogP contribution in [-0.2, 0) is 4.74 Å². The van der Waals surface area contributed by atoms with Gasteiger partial charge in [-0.1, -0.05) is 24.3 Å². The number of anilines is 1. The first-order valence-corrected chi connectivity index (χ1v) is 16.9. The SMILES string of the molecule is CCOc1cc(-c2c(C)cccc2C)nc(NSc2cccc(C(=O)N(CCC(F)(F)F)C3CCC(NC(=O)OC(C)(C)C)CC3)c2)n1. The fourth-order valence-electron chi connectivity index (χ4n) is 5.71. The molecule has 2 amide bonds. The van der Waals surface area contributed by atoms with E-state index in [-0.39, 0.29) is 11.6 Å². The number of halogens is 3. The molecule has 1 aromatic heterocycles. The normalized spacial score (nSPS) is 16.6. The van der Waals surface area contributed by atoms with Gasteiger partial charge in [0.1, 0.15) is 5.60 Å². The molecule has 0 saturated heterocycles. The van der Waals surface area contributed by atoms with Crippen LogP contribution in [0.1, 0.15) is 81.3 Å². The number of aromatic nitrogens is 2. The Morgan fingerprint density at radius 2 is 1.65 bits per heavy atom. The molecule has 9 nitrogen and oxygen atoms in total. The number of nitrogens with zero attached hydrogens (tertiary/aromatic N) is 3. The van der Waals surface area contributed by atoms with Crippen LogP contribution in [0.5, 0.6) is 5.88 Å². The highest BCUT2D eigenvalue weighted by Crippen LogP contribution is 2.31. The third kappa shape index (κ3) is 10.8. The molecule has 48 heavy (non-hydrogen) atoms. The Bertz CT molecular complexity index is 1550. The number of nitrogens with one attached hydrogen (secondary N) is 2. The Morgan fingerprint density at radius 3 is 2.27 bits per heavy atom. The molecule has 0 bridgehead atoms. The quantitative estimate of drug-likeness (QED) is 0.193. The largest absolute Gasteiger partial charge is 0.478 e. The van der Waals surface area contributed by atoms with Crippen molar-refractivity contribution in [2.45, 2.75) is 102 Å². The summed E-state index contributed by atoms with van der Waals surface area (Å²) in [5.74, 6) is 0.245. The zero-order valence-electron chi connectivity index (χ0n) is 28.2. The van der Waals surface area contributed by atoms with Crippen molar-refractivity contribution >= 4 is 29.9 Å². The van der Waals surface area contributed by atoms with Crippen LogP contribution >= 0.6 is 11.9 Å². The van der Waals surface area contributed by atoms with E-state index in [0.29, 0.717) is 54.7 Å². The maximum absolute atomic E-state index is 13.8. The lowest BCUT2D eigenvalue weighted by molar-refractivity contribution is -0.137. The molecule has 4 rings (SSSR count). The van der Waals surface area contributed by atoms with Crippen LogP contribution in [0.4, 0.5) is 23.9 Å². The second kappa shape index (κ2) is 15.9. The van der Waals surface area contributed by atoms with E-state index in [1.165, 1.54) is 16.8 Å². The van der Waals surface area contributed by atoms with Gasteiger partial charge in [0.25, 0.3) is 5.91 Å². The van der Waals surface area contributed by atoms with E-state index in [4.69, 9.17) is 14.5 Å². The Hall–Kier alpha value is -4.00. The van der Waals surface area contributed by atoms with Crippen molar-refractivity contribution in [3.8, 4) is 17.1 Å². The van der Waals surface area contributed by atoms with Gasteiger partial charge in [0.05, 0.1) is 18.7 Å². The summed E-state index contributed by atoms with van der Waals surface area (Å²) in [7, 11) is 0. The minimum atomic E-state index is -4.42. The third-order valence-corrected chi connectivity index (χ3v) is 8.60. The second-order valence-corrected chi connectivity index (χ2v) is 13.7. The maximum Gasteiger partial charge on any atom is 0.407 e. The number of carbonyl (C=O) groups is 2. The summed E-state index contributed by atoms with van der Waals surface area (Å²) in [6.07, 6.45) is -4.11.